The molecule has 0 aliphatic carbocycles. The van der Waals surface area contributed by atoms with Gasteiger partial charge in [-0.25, -0.2) is 5.43 Å². The lowest BCUT2D eigenvalue weighted by molar-refractivity contribution is 0.0915. The molecule has 1 unspecified atom stereocenters. The maximum atomic E-state index is 12.4. The van der Waals surface area contributed by atoms with E-state index in [0.29, 0.717) is 16.9 Å². The summed E-state index contributed by atoms with van der Waals surface area (Å²) in [7, 11) is 1.59. The molecule has 23 heavy (non-hydrogen) atoms. The van der Waals surface area contributed by atoms with Gasteiger partial charge in [0.2, 0.25) is 0 Å². The highest BCUT2D eigenvalue weighted by Gasteiger charge is 2.23. The smallest absolute Gasteiger partial charge is 0.266 e. The van der Waals surface area contributed by atoms with E-state index in [4.69, 9.17) is 4.74 Å². The molecular weight excluding hydrogens is 312 g/mol. The van der Waals surface area contributed by atoms with Crippen LogP contribution in [-0.4, -0.2) is 24.2 Å². The molecule has 0 spiro atoms. The number of methoxy groups -OCH3 is 1. The van der Waals surface area contributed by atoms with Gasteiger partial charge in [0.25, 0.3) is 5.91 Å². The quantitative estimate of drug-likeness (QED) is 0.845. The molecule has 118 valence electrons. The van der Waals surface area contributed by atoms with Gasteiger partial charge in [-0.2, -0.15) is 0 Å². The van der Waals surface area contributed by atoms with Crippen molar-refractivity contribution in [3.8, 4) is 5.75 Å². The second-order valence-electron chi connectivity index (χ2n) is 5.06. The highest BCUT2D eigenvalue weighted by molar-refractivity contribution is 8.00. The Bertz CT molecular complexity index is 731. The van der Waals surface area contributed by atoms with Crippen molar-refractivity contribution < 1.29 is 14.3 Å². The number of fused-ring (bicyclic) bond motifs is 1. The fourth-order valence-electron chi connectivity index (χ4n) is 2.31. The van der Waals surface area contributed by atoms with Crippen LogP contribution in [0, 0.1) is 0 Å². The molecule has 2 N–H and O–H groups in total. The normalized spacial score (nSPS) is 16.9. The number of hydrazine groups is 1. The molecule has 5 nitrogen and oxygen atoms in total. The molecule has 0 radical (unpaired) electrons. The summed E-state index contributed by atoms with van der Waals surface area (Å²) in [5, 5.41) is -0.225. The van der Waals surface area contributed by atoms with Crippen molar-refractivity contribution in [1.29, 1.82) is 0 Å². The highest BCUT2D eigenvalue weighted by Crippen LogP contribution is 2.29. The molecule has 2 aromatic rings. The molecule has 1 heterocycles. The maximum Gasteiger partial charge on any atom is 0.266 e. The Morgan fingerprint density at radius 1 is 1.17 bits per heavy atom. The van der Waals surface area contributed by atoms with E-state index in [-0.39, 0.29) is 23.5 Å². The molecule has 2 aromatic carbocycles. The molecular formula is C17H16N2O3S. The first-order chi connectivity index (χ1) is 11.2. The third-order valence-corrected chi connectivity index (χ3v) is 4.71. The monoisotopic (exact) mass is 328 g/mol. The van der Waals surface area contributed by atoms with Crippen LogP contribution in [0.5, 0.6) is 5.75 Å². The number of hydrogen-bond acceptors (Lipinski definition) is 5. The third kappa shape index (κ3) is 3.55. The van der Waals surface area contributed by atoms with Crippen LogP contribution in [0.4, 0.5) is 0 Å². The lowest BCUT2D eigenvalue weighted by Gasteiger charge is -2.14. The van der Waals surface area contributed by atoms with Crippen LogP contribution >= 0.6 is 11.8 Å². The summed E-state index contributed by atoms with van der Waals surface area (Å²) in [5.41, 5.74) is 6.80. The highest BCUT2D eigenvalue weighted by atomic mass is 32.2. The second kappa shape index (κ2) is 6.85. The van der Waals surface area contributed by atoms with Crippen molar-refractivity contribution in [2.45, 2.75) is 16.7 Å². The minimum Gasteiger partial charge on any atom is -0.497 e. The Morgan fingerprint density at radius 2 is 1.91 bits per heavy atom. The average molecular weight is 328 g/mol. The van der Waals surface area contributed by atoms with E-state index in [0.717, 1.165) is 4.90 Å². The van der Waals surface area contributed by atoms with Crippen LogP contribution in [-0.2, 0) is 0 Å². The first kappa shape index (κ1) is 15.6. The van der Waals surface area contributed by atoms with Gasteiger partial charge >= 0.3 is 0 Å². The number of Topliss-reactive ketones (excluding diaryl/α,β-unsaturated/α-hetero) is 1. The first-order valence-corrected chi connectivity index (χ1v) is 8.04. The summed E-state index contributed by atoms with van der Waals surface area (Å²) >= 11 is 1.47. The van der Waals surface area contributed by atoms with Crippen LogP contribution in [0.2, 0.25) is 0 Å². The molecule has 0 saturated heterocycles. The van der Waals surface area contributed by atoms with Gasteiger partial charge in [-0.05, 0) is 36.4 Å². The number of nitrogens with one attached hydrogen (secondary N) is 2. The van der Waals surface area contributed by atoms with Gasteiger partial charge in [-0.15, -0.1) is 11.8 Å². The van der Waals surface area contributed by atoms with Gasteiger partial charge in [0.15, 0.2) is 5.78 Å². The molecule has 0 bridgehead atoms. The van der Waals surface area contributed by atoms with Gasteiger partial charge in [0.05, 0.1) is 18.0 Å². The predicted molar refractivity (Wildman–Crippen MR) is 88.6 cm³/mol. The first-order valence-electron chi connectivity index (χ1n) is 7.16. The van der Waals surface area contributed by atoms with Gasteiger partial charge in [0, 0.05) is 16.9 Å². The van der Waals surface area contributed by atoms with Gasteiger partial charge in [0.1, 0.15) is 5.75 Å². The molecule has 1 aliphatic heterocycles. The second-order valence-corrected chi connectivity index (χ2v) is 6.30. The molecule has 0 fully saturated rings. The summed E-state index contributed by atoms with van der Waals surface area (Å²) in [6, 6.07) is 14.4. The van der Waals surface area contributed by atoms with E-state index >= 15 is 0 Å². The van der Waals surface area contributed by atoms with Crippen molar-refractivity contribution >= 4 is 23.5 Å². The van der Waals surface area contributed by atoms with Gasteiger partial charge < -0.3 is 4.74 Å². The zero-order chi connectivity index (χ0) is 16.2. The number of carbonyl (C=O) groups excluding carboxylic acids is 2. The Kier molecular flexibility index (Phi) is 4.64. The number of ether oxygens (including phenoxy) is 1. The van der Waals surface area contributed by atoms with E-state index in [1.165, 1.54) is 11.8 Å². The number of hydrogen-bond donors (Lipinski definition) is 2. The number of thioether (sulfide) groups is 1. The number of benzene rings is 2. The Balaban J connectivity index is 1.72. The summed E-state index contributed by atoms with van der Waals surface area (Å²) in [5.74, 6) is 0.531. The van der Waals surface area contributed by atoms with Crippen molar-refractivity contribution in [3.63, 3.8) is 0 Å². The average Bonchev–Trinajstić information content (AvgIpc) is 2.74. The molecule has 0 saturated carbocycles. The van der Waals surface area contributed by atoms with Crippen molar-refractivity contribution in [3.05, 3.63) is 59.7 Å². The van der Waals surface area contributed by atoms with Crippen LogP contribution in [0.15, 0.2) is 53.4 Å². The zero-order valence-electron chi connectivity index (χ0n) is 12.5. The zero-order valence-corrected chi connectivity index (χ0v) is 13.4. The fraction of sp³-hybridized carbons (Fsp3) is 0.176. The Hall–Kier alpha value is -2.31. The van der Waals surface area contributed by atoms with E-state index in [2.05, 4.69) is 10.9 Å². The van der Waals surface area contributed by atoms with E-state index in [1.54, 1.807) is 37.4 Å². The molecule has 1 aliphatic rings. The summed E-state index contributed by atoms with van der Waals surface area (Å²) in [6.07, 6.45) is 0.269. The van der Waals surface area contributed by atoms with Gasteiger partial charge in [-0.3, -0.25) is 15.0 Å². The summed E-state index contributed by atoms with van der Waals surface area (Å²) in [6.45, 7) is 0. The van der Waals surface area contributed by atoms with Crippen LogP contribution < -0.4 is 15.6 Å². The largest absolute Gasteiger partial charge is 0.497 e. The topological polar surface area (TPSA) is 67.4 Å². The number of ketones is 1. The van der Waals surface area contributed by atoms with Crippen LogP contribution in [0.25, 0.3) is 0 Å². The molecule has 1 amide bonds. The lowest BCUT2D eigenvalue weighted by Crippen LogP contribution is -2.41. The Labute approximate surface area is 138 Å². The molecule has 0 aromatic heterocycles. The minimum atomic E-state index is -0.225. The van der Waals surface area contributed by atoms with E-state index in [1.807, 2.05) is 18.2 Å². The van der Waals surface area contributed by atoms with Crippen molar-refractivity contribution in [1.82, 2.24) is 10.9 Å². The number of rotatable bonds is 4. The minimum absolute atomic E-state index is 0.00582. The standard InChI is InChI=1S/C17H16N2O3S/c1-22-12-8-6-11(7-9-12)14(20)10-16-18-19-17(21)13-4-2-3-5-15(13)23-16/h2-9,16,18H,10H2,1H3,(H,19,21). The summed E-state index contributed by atoms with van der Waals surface area (Å²) in [4.78, 5) is 25.3. The molecule has 3 rings (SSSR count). The maximum absolute atomic E-state index is 12.4. The van der Waals surface area contributed by atoms with Crippen LogP contribution in [0.1, 0.15) is 27.1 Å². The predicted octanol–water partition coefficient (Wildman–Crippen LogP) is 2.63. The lowest BCUT2D eigenvalue weighted by atomic mass is 10.1. The number of amides is 1. The summed E-state index contributed by atoms with van der Waals surface area (Å²) < 4.78 is 5.09. The Morgan fingerprint density at radius 3 is 2.65 bits per heavy atom. The number of carbonyl (C=O) groups is 2. The van der Waals surface area contributed by atoms with Crippen molar-refractivity contribution in [2.75, 3.05) is 7.11 Å². The SMILES string of the molecule is COc1ccc(C(=O)CC2NNC(=O)c3ccccc3S2)cc1. The van der Waals surface area contributed by atoms with E-state index in [9.17, 15) is 9.59 Å². The third-order valence-electron chi connectivity index (χ3n) is 3.53. The van der Waals surface area contributed by atoms with Gasteiger partial charge in [-0.1, -0.05) is 12.1 Å². The van der Waals surface area contributed by atoms with E-state index < -0.39 is 0 Å². The van der Waals surface area contributed by atoms with Crippen LogP contribution in [0.3, 0.4) is 0 Å². The fourth-order valence-corrected chi connectivity index (χ4v) is 3.41. The molecule has 6 heteroatoms. The van der Waals surface area contributed by atoms with Crippen molar-refractivity contribution in [2.24, 2.45) is 0 Å². The molecule has 1 atom stereocenters.